The van der Waals surface area contributed by atoms with Crippen molar-refractivity contribution in [2.24, 2.45) is 0 Å². The fourth-order valence-corrected chi connectivity index (χ4v) is 5.99. The van der Waals surface area contributed by atoms with Gasteiger partial charge in [0.1, 0.15) is 10.6 Å². The van der Waals surface area contributed by atoms with Gasteiger partial charge in [0.25, 0.3) is 0 Å². The van der Waals surface area contributed by atoms with Gasteiger partial charge in [-0.25, -0.2) is 4.79 Å². The summed E-state index contributed by atoms with van der Waals surface area (Å²) in [6.45, 7) is 13.2. The van der Waals surface area contributed by atoms with Crippen LogP contribution in [0.5, 0.6) is 0 Å². The van der Waals surface area contributed by atoms with Crippen LogP contribution in [0.1, 0.15) is 62.8 Å². The van der Waals surface area contributed by atoms with E-state index in [-0.39, 0.29) is 15.9 Å². The van der Waals surface area contributed by atoms with Gasteiger partial charge in [-0.1, -0.05) is 57.7 Å². The van der Waals surface area contributed by atoms with E-state index < -0.39 is 5.63 Å². The largest absolute Gasteiger partial charge is 0.422 e. The van der Waals surface area contributed by atoms with E-state index in [4.69, 9.17) is 9.83 Å². The number of fused-ring (bicyclic) bond motifs is 2. The predicted octanol–water partition coefficient (Wildman–Crippen LogP) is 6.39. The van der Waals surface area contributed by atoms with Gasteiger partial charge in [0, 0.05) is 34.6 Å². The standard InChI is InChI=1S/C27H30N2O2S/c1-16-8-6-7-9-20(16)32-24(28)18-14-17-15-19-22-21(23(17)31-25(18)30)27(4,5)11-13-29(22)12-10-26(19,2)3/h6-9,14-15,28H,10-13H2,1-5H3. The molecule has 0 saturated carbocycles. The minimum Gasteiger partial charge on any atom is -0.422 e. The first kappa shape index (κ1) is 21.3. The molecule has 0 fully saturated rings. The number of thioether (sulfide) groups is 1. The van der Waals surface area contributed by atoms with Gasteiger partial charge in [0.15, 0.2) is 0 Å². The van der Waals surface area contributed by atoms with Crippen molar-refractivity contribution >= 4 is 33.5 Å². The highest BCUT2D eigenvalue weighted by molar-refractivity contribution is 8.14. The van der Waals surface area contributed by atoms with Crippen molar-refractivity contribution in [1.82, 2.24) is 0 Å². The van der Waals surface area contributed by atoms with Gasteiger partial charge in [0.2, 0.25) is 0 Å². The first-order chi connectivity index (χ1) is 15.1. The molecule has 2 aliphatic heterocycles. The van der Waals surface area contributed by atoms with Gasteiger partial charge >= 0.3 is 5.63 Å². The molecule has 0 saturated heterocycles. The summed E-state index contributed by atoms with van der Waals surface area (Å²) in [5.41, 5.74) is 5.43. The van der Waals surface area contributed by atoms with Gasteiger partial charge in [-0.15, -0.1) is 0 Å². The highest BCUT2D eigenvalue weighted by Crippen LogP contribution is 2.51. The Morgan fingerprint density at radius 1 is 1.06 bits per heavy atom. The highest BCUT2D eigenvalue weighted by atomic mass is 32.2. The van der Waals surface area contributed by atoms with Crippen molar-refractivity contribution < 1.29 is 4.42 Å². The maximum atomic E-state index is 13.1. The molecule has 4 nitrogen and oxygen atoms in total. The highest BCUT2D eigenvalue weighted by Gasteiger charge is 2.42. The molecule has 0 bridgehead atoms. The maximum Gasteiger partial charge on any atom is 0.346 e. The third-order valence-corrected chi connectivity index (χ3v) is 8.38. The molecule has 0 unspecified atom stereocenters. The summed E-state index contributed by atoms with van der Waals surface area (Å²) in [7, 11) is 0. The smallest absolute Gasteiger partial charge is 0.346 e. The molecule has 3 heterocycles. The van der Waals surface area contributed by atoms with Gasteiger partial charge in [-0.2, -0.15) is 0 Å². The van der Waals surface area contributed by atoms with Crippen LogP contribution in [0.4, 0.5) is 5.69 Å². The summed E-state index contributed by atoms with van der Waals surface area (Å²) >= 11 is 1.31. The van der Waals surface area contributed by atoms with E-state index >= 15 is 0 Å². The van der Waals surface area contributed by atoms with Crippen molar-refractivity contribution in [3.05, 3.63) is 69.1 Å². The van der Waals surface area contributed by atoms with Gasteiger partial charge < -0.3 is 9.32 Å². The normalized spacial score (nSPS) is 18.5. The summed E-state index contributed by atoms with van der Waals surface area (Å²) in [5, 5.41) is 9.81. The zero-order valence-corrected chi connectivity index (χ0v) is 20.3. The third kappa shape index (κ3) is 3.29. The van der Waals surface area contributed by atoms with Crippen LogP contribution in [0.25, 0.3) is 11.0 Å². The molecule has 166 valence electrons. The summed E-state index contributed by atoms with van der Waals surface area (Å²) < 4.78 is 6.02. The van der Waals surface area contributed by atoms with Crippen LogP contribution >= 0.6 is 11.8 Å². The molecule has 1 N–H and O–H groups in total. The number of anilines is 1. The quantitative estimate of drug-likeness (QED) is 0.214. The summed E-state index contributed by atoms with van der Waals surface area (Å²) in [6.07, 6.45) is 2.14. The Morgan fingerprint density at radius 3 is 2.47 bits per heavy atom. The minimum atomic E-state index is -0.428. The second-order valence-corrected chi connectivity index (χ2v) is 11.5. The van der Waals surface area contributed by atoms with Gasteiger partial charge in [-0.3, -0.25) is 5.41 Å². The molecular formula is C27H30N2O2S. The minimum absolute atomic E-state index is 0.0574. The SMILES string of the molecule is Cc1ccccc1SC(=N)c1cc2cc3c4c(c2oc1=O)C(C)(C)CCN4CCC3(C)C. The number of hydrogen-bond acceptors (Lipinski definition) is 5. The number of rotatable bonds is 2. The van der Waals surface area contributed by atoms with Crippen molar-refractivity contribution in [1.29, 1.82) is 5.41 Å². The van der Waals surface area contributed by atoms with Crippen molar-refractivity contribution in [3.63, 3.8) is 0 Å². The van der Waals surface area contributed by atoms with Crippen LogP contribution in [0.3, 0.4) is 0 Å². The molecule has 0 aliphatic carbocycles. The van der Waals surface area contributed by atoms with Crippen LogP contribution in [0.2, 0.25) is 0 Å². The molecular weight excluding hydrogens is 416 g/mol. The van der Waals surface area contributed by atoms with Crippen LogP contribution < -0.4 is 10.5 Å². The number of nitrogens with zero attached hydrogens (tertiary/aromatic N) is 1. The number of nitrogens with one attached hydrogen (secondary N) is 1. The summed E-state index contributed by atoms with van der Waals surface area (Å²) in [5.74, 6) is 0. The Labute approximate surface area is 193 Å². The van der Waals surface area contributed by atoms with Crippen LogP contribution in [0, 0.1) is 12.3 Å². The summed E-state index contributed by atoms with van der Waals surface area (Å²) in [4.78, 5) is 16.5. The molecule has 0 amide bonds. The molecule has 5 rings (SSSR count). The Morgan fingerprint density at radius 2 is 1.75 bits per heavy atom. The lowest BCUT2D eigenvalue weighted by Crippen LogP contribution is -2.44. The molecule has 0 radical (unpaired) electrons. The van der Waals surface area contributed by atoms with Crippen LogP contribution in [0.15, 0.2) is 50.5 Å². The number of hydrogen-bond donors (Lipinski definition) is 1. The molecule has 2 aromatic carbocycles. The lowest BCUT2D eigenvalue weighted by atomic mass is 9.69. The van der Waals surface area contributed by atoms with E-state index in [0.29, 0.717) is 11.1 Å². The van der Waals surface area contributed by atoms with Gasteiger partial charge in [-0.05, 0) is 59.9 Å². The molecule has 32 heavy (non-hydrogen) atoms. The zero-order valence-electron chi connectivity index (χ0n) is 19.5. The predicted molar refractivity (Wildman–Crippen MR) is 134 cm³/mol. The molecule has 1 aromatic heterocycles. The van der Waals surface area contributed by atoms with Crippen molar-refractivity contribution in [2.45, 2.75) is 63.2 Å². The fraction of sp³-hybridized carbons (Fsp3) is 0.407. The Balaban J connectivity index is 1.71. The van der Waals surface area contributed by atoms with E-state index in [1.54, 1.807) is 0 Å². The maximum absolute atomic E-state index is 13.1. The third-order valence-electron chi connectivity index (χ3n) is 7.28. The molecule has 3 aromatic rings. The lowest BCUT2D eigenvalue weighted by Gasteiger charge is -2.48. The second-order valence-electron chi connectivity index (χ2n) is 10.5. The van der Waals surface area contributed by atoms with Crippen molar-refractivity contribution in [3.8, 4) is 0 Å². The number of aryl methyl sites for hydroxylation is 1. The van der Waals surface area contributed by atoms with E-state index in [2.05, 4.69) is 38.7 Å². The van der Waals surface area contributed by atoms with Gasteiger partial charge in [0.05, 0.1) is 5.56 Å². The summed E-state index contributed by atoms with van der Waals surface area (Å²) in [6, 6.07) is 12.0. The van der Waals surface area contributed by atoms with Crippen LogP contribution in [-0.4, -0.2) is 18.1 Å². The molecule has 5 heteroatoms. The van der Waals surface area contributed by atoms with E-state index in [0.717, 1.165) is 47.3 Å². The Hall–Kier alpha value is -2.53. The van der Waals surface area contributed by atoms with E-state index in [1.807, 2.05) is 37.3 Å². The lowest BCUT2D eigenvalue weighted by molar-refractivity contribution is 0.398. The first-order valence-corrected chi connectivity index (χ1v) is 12.1. The van der Waals surface area contributed by atoms with E-state index in [9.17, 15) is 4.79 Å². The molecule has 0 atom stereocenters. The van der Waals surface area contributed by atoms with Crippen molar-refractivity contribution in [2.75, 3.05) is 18.0 Å². The second kappa shape index (κ2) is 7.24. The Bertz CT molecular complexity index is 1320. The number of benzene rings is 2. The van der Waals surface area contributed by atoms with Crippen LogP contribution in [-0.2, 0) is 10.8 Å². The molecule has 2 aliphatic rings. The topological polar surface area (TPSA) is 57.3 Å². The average Bonchev–Trinajstić information content (AvgIpc) is 2.72. The van der Waals surface area contributed by atoms with E-state index in [1.165, 1.54) is 23.0 Å². The zero-order chi connectivity index (χ0) is 22.8. The average molecular weight is 447 g/mol. The monoisotopic (exact) mass is 446 g/mol. The fourth-order valence-electron chi connectivity index (χ4n) is 5.15. The molecule has 0 spiro atoms. The first-order valence-electron chi connectivity index (χ1n) is 11.3. The Kier molecular flexibility index (Phi) is 4.82.